The van der Waals surface area contributed by atoms with Gasteiger partial charge in [0, 0.05) is 42.0 Å². The van der Waals surface area contributed by atoms with Crippen molar-refractivity contribution in [3.63, 3.8) is 0 Å². The normalized spacial score (nSPS) is 11.0. The van der Waals surface area contributed by atoms with Gasteiger partial charge in [-0.1, -0.05) is 24.3 Å². The molecule has 0 aliphatic carbocycles. The average Bonchev–Trinajstić information content (AvgIpc) is 2.91. The summed E-state index contributed by atoms with van der Waals surface area (Å²) in [5.74, 6) is 0.126. The number of para-hydroxylation sites is 1. The van der Waals surface area contributed by atoms with Gasteiger partial charge in [-0.2, -0.15) is 5.26 Å². The van der Waals surface area contributed by atoms with Crippen LogP contribution in [0.2, 0.25) is 0 Å². The molecule has 8 nitrogen and oxygen atoms in total. The molecule has 1 amide bonds. The fourth-order valence-corrected chi connectivity index (χ4v) is 3.78. The van der Waals surface area contributed by atoms with E-state index in [4.69, 9.17) is 9.47 Å². The maximum atomic E-state index is 14.9. The monoisotopic (exact) mass is 525 g/mol. The lowest BCUT2D eigenvalue weighted by molar-refractivity contribution is -0.111. The van der Waals surface area contributed by atoms with Crippen molar-refractivity contribution in [3.8, 4) is 23.3 Å². The second-order valence-electron chi connectivity index (χ2n) is 8.80. The molecule has 3 aromatic carbocycles. The van der Waals surface area contributed by atoms with E-state index in [9.17, 15) is 14.4 Å². The first-order valence-corrected chi connectivity index (χ1v) is 12.3. The molecule has 0 spiro atoms. The Morgan fingerprint density at radius 1 is 1.13 bits per heavy atom. The molecule has 0 aliphatic heterocycles. The number of nitrogens with zero attached hydrogens (tertiary/aromatic N) is 3. The highest BCUT2D eigenvalue weighted by Gasteiger charge is 2.16. The Morgan fingerprint density at radius 2 is 1.92 bits per heavy atom. The van der Waals surface area contributed by atoms with Gasteiger partial charge >= 0.3 is 0 Å². The number of nitriles is 1. The summed E-state index contributed by atoms with van der Waals surface area (Å²) < 4.78 is 26.3. The molecule has 2 N–H and O–H groups in total. The van der Waals surface area contributed by atoms with Gasteiger partial charge in [-0.25, -0.2) is 4.39 Å². The number of aromatic nitrogens is 1. The number of amides is 1. The number of fused-ring (bicyclic) bond motifs is 1. The van der Waals surface area contributed by atoms with Crippen molar-refractivity contribution in [3.05, 3.63) is 90.4 Å². The molecule has 0 radical (unpaired) electrons. The molecular formula is C30H28FN5O3. The van der Waals surface area contributed by atoms with E-state index in [0.717, 1.165) is 0 Å². The van der Waals surface area contributed by atoms with E-state index in [1.54, 1.807) is 48.5 Å². The summed E-state index contributed by atoms with van der Waals surface area (Å²) in [5.41, 5.74) is 2.02. The number of halogens is 1. The van der Waals surface area contributed by atoms with E-state index >= 15 is 0 Å². The highest BCUT2D eigenvalue weighted by atomic mass is 19.1. The summed E-state index contributed by atoms with van der Waals surface area (Å²) in [4.78, 5) is 18.9. The summed E-state index contributed by atoms with van der Waals surface area (Å²) in [7, 11) is 3.81. The summed E-state index contributed by atoms with van der Waals surface area (Å²) in [5, 5.41) is 16.3. The maximum Gasteiger partial charge on any atom is 0.248 e. The minimum atomic E-state index is -0.572. The number of benzene rings is 3. The van der Waals surface area contributed by atoms with Crippen molar-refractivity contribution in [1.29, 1.82) is 5.26 Å². The van der Waals surface area contributed by atoms with E-state index in [2.05, 4.69) is 21.7 Å². The van der Waals surface area contributed by atoms with Crippen LogP contribution < -0.4 is 20.1 Å². The number of hydrogen-bond acceptors (Lipinski definition) is 7. The summed E-state index contributed by atoms with van der Waals surface area (Å²) in [6.45, 7) is 2.83. The van der Waals surface area contributed by atoms with Crippen LogP contribution in [0.15, 0.2) is 79.0 Å². The van der Waals surface area contributed by atoms with E-state index < -0.39 is 5.82 Å². The fraction of sp³-hybridized carbons (Fsp3) is 0.167. The molecule has 0 fully saturated rings. The summed E-state index contributed by atoms with van der Waals surface area (Å²) in [6, 6.07) is 18.9. The Hall–Kier alpha value is -4.94. The van der Waals surface area contributed by atoms with Crippen LogP contribution >= 0.6 is 0 Å². The number of hydrogen-bond donors (Lipinski definition) is 2. The number of nitrogens with one attached hydrogen (secondary N) is 2. The van der Waals surface area contributed by atoms with E-state index in [-0.39, 0.29) is 17.2 Å². The van der Waals surface area contributed by atoms with Crippen LogP contribution in [0.5, 0.6) is 17.2 Å². The minimum absolute atomic E-state index is 0.0699. The molecule has 0 unspecified atom stereocenters. The Kier molecular flexibility index (Phi) is 8.71. The zero-order chi connectivity index (χ0) is 27.8. The van der Waals surface area contributed by atoms with Gasteiger partial charge in [0.15, 0.2) is 11.6 Å². The van der Waals surface area contributed by atoms with Crippen LogP contribution in [0.3, 0.4) is 0 Å². The second kappa shape index (κ2) is 12.5. The molecule has 4 aromatic rings. The Labute approximate surface area is 226 Å². The summed E-state index contributed by atoms with van der Waals surface area (Å²) >= 11 is 0. The van der Waals surface area contributed by atoms with Crippen molar-refractivity contribution < 1.29 is 18.7 Å². The zero-order valence-corrected chi connectivity index (χ0v) is 21.9. The topological polar surface area (TPSA) is 99.5 Å². The van der Waals surface area contributed by atoms with Crippen LogP contribution in [0.4, 0.5) is 21.5 Å². The lowest BCUT2D eigenvalue weighted by Crippen LogP contribution is -2.13. The molecule has 1 aromatic heterocycles. The highest BCUT2D eigenvalue weighted by Crippen LogP contribution is 2.37. The van der Waals surface area contributed by atoms with Crippen molar-refractivity contribution in [1.82, 2.24) is 9.88 Å². The minimum Gasteiger partial charge on any atom is -0.492 e. The summed E-state index contributed by atoms with van der Waals surface area (Å²) in [6.07, 6.45) is 4.63. The molecule has 198 valence electrons. The first-order chi connectivity index (χ1) is 18.9. The van der Waals surface area contributed by atoms with Gasteiger partial charge in [0.05, 0.1) is 29.1 Å². The third kappa shape index (κ3) is 6.89. The number of anilines is 3. The van der Waals surface area contributed by atoms with Crippen molar-refractivity contribution in [2.24, 2.45) is 0 Å². The first-order valence-electron chi connectivity index (χ1n) is 12.3. The smallest absolute Gasteiger partial charge is 0.248 e. The zero-order valence-electron chi connectivity index (χ0n) is 21.9. The highest BCUT2D eigenvalue weighted by molar-refractivity contribution is 6.04. The number of carbonyl (C=O) groups is 1. The van der Waals surface area contributed by atoms with E-state index in [1.165, 1.54) is 24.4 Å². The van der Waals surface area contributed by atoms with Crippen molar-refractivity contribution in [2.75, 3.05) is 37.9 Å². The van der Waals surface area contributed by atoms with Gasteiger partial charge in [0.25, 0.3) is 0 Å². The fourth-order valence-electron chi connectivity index (χ4n) is 3.78. The Balaban J connectivity index is 1.69. The lowest BCUT2D eigenvalue weighted by atomic mass is 10.1. The van der Waals surface area contributed by atoms with E-state index in [0.29, 0.717) is 52.6 Å². The third-order valence-corrected chi connectivity index (χ3v) is 5.56. The number of ether oxygens (including phenoxy) is 2. The molecule has 9 heteroatoms. The number of pyridine rings is 1. The molecule has 0 aliphatic rings. The Bertz CT molecular complexity index is 1550. The van der Waals surface area contributed by atoms with Crippen LogP contribution in [-0.4, -0.2) is 43.0 Å². The molecule has 1 heterocycles. The van der Waals surface area contributed by atoms with Gasteiger partial charge in [0.2, 0.25) is 5.91 Å². The second-order valence-corrected chi connectivity index (χ2v) is 8.80. The molecule has 39 heavy (non-hydrogen) atoms. The molecule has 4 rings (SSSR count). The molecule has 0 bridgehead atoms. The van der Waals surface area contributed by atoms with Crippen LogP contribution in [0, 0.1) is 17.1 Å². The van der Waals surface area contributed by atoms with Crippen LogP contribution in [0.1, 0.15) is 12.5 Å². The number of rotatable bonds is 10. The quantitative estimate of drug-likeness (QED) is 0.237. The largest absolute Gasteiger partial charge is 0.492 e. The molecule has 0 saturated heterocycles. The number of likely N-dealkylation sites (N-methyl/N-ethyl adjacent to an activating group) is 1. The Morgan fingerprint density at radius 3 is 2.62 bits per heavy atom. The predicted octanol–water partition coefficient (Wildman–Crippen LogP) is 6.24. The van der Waals surface area contributed by atoms with Crippen LogP contribution in [0.25, 0.3) is 10.9 Å². The third-order valence-electron chi connectivity index (χ3n) is 5.56. The van der Waals surface area contributed by atoms with Crippen LogP contribution in [-0.2, 0) is 4.79 Å². The van der Waals surface area contributed by atoms with E-state index in [1.807, 2.05) is 32.0 Å². The standard InChI is InChI=1S/C30H28FN5O3/c1-4-38-28-17-25-23(16-26(28)35-29(37)11-8-14-36(2)3)30(20(18-32)19-33-25)34-21-12-13-27(24(31)15-21)39-22-9-6-5-7-10-22/h5-13,15-17,19H,4,14H2,1-3H3,(H,33,34)(H,35,37)/b11-8+. The average molecular weight is 526 g/mol. The molecular weight excluding hydrogens is 497 g/mol. The molecule has 0 atom stereocenters. The van der Waals surface area contributed by atoms with Crippen molar-refractivity contribution >= 4 is 33.9 Å². The van der Waals surface area contributed by atoms with Gasteiger partial charge in [0.1, 0.15) is 17.6 Å². The predicted molar refractivity (Wildman–Crippen MR) is 150 cm³/mol. The SMILES string of the molecule is CCOc1cc2ncc(C#N)c(Nc3ccc(Oc4ccccc4)c(F)c3)c2cc1NC(=O)/C=C/CN(C)C. The van der Waals surface area contributed by atoms with Gasteiger partial charge in [-0.3, -0.25) is 9.78 Å². The number of carbonyl (C=O) groups excluding carboxylic acids is 1. The maximum absolute atomic E-state index is 14.9. The van der Waals surface area contributed by atoms with Crippen molar-refractivity contribution in [2.45, 2.75) is 6.92 Å². The lowest BCUT2D eigenvalue weighted by Gasteiger charge is -2.16. The van der Waals surface area contributed by atoms with Gasteiger partial charge in [-0.15, -0.1) is 0 Å². The first kappa shape index (κ1) is 27.1. The van der Waals surface area contributed by atoms with Gasteiger partial charge < -0.3 is 25.0 Å². The molecule has 0 saturated carbocycles. The van der Waals surface area contributed by atoms with Gasteiger partial charge in [-0.05, 0) is 51.4 Å².